The normalized spacial score (nSPS) is 11.7. The molecule has 0 spiro atoms. The van der Waals surface area contributed by atoms with Crippen LogP contribution in [0.15, 0.2) is 138 Å². The summed E-state index contributed by atoms with van der Waals surface area (Å²) in [5, 5.41) is 3.63. The second-order valence-electron chi connectivity index (χ2n) is 10.6. The lowest BCUT2D eigenvalue weighted by Gasteiger charge is -2.11. The average molecular weight is 587 g/mol. The van der Waals surface area contributed by atoms with Gasteiger partial charge in [0.2, 0.25) is 5.89 Å². The van der Waals surface area contributed by atoms with Crippen molar-refractivity contribution in [2.75, 3.05) is 0 Å². The van der Waals surface area contributed by atoms with Gasteiger partial charge in [0.1, 0.15) is 10.5 Å². The van der Waals surface area contributed by atoms with E-state index in [0.717, 1.165) is 43.9 Å². The Morgan fingerprint density at radius 2 is 1.16 bits per heavy atom. The minimum atomic E-state index is 0.633. The van der Waals surface area contributed by atoms with Gasteiger partial charge in [-0.15, -0.1) is 22.7 Å². The minimum Gasteiger partial charge on any atom is -0.436 e. The first-order valence-corrected chi connectivity index (χ1v) is 15.8. The molecular weight excluding hydrogens is 565 g/mol. The number of hydrogen-bond acceptors (Lipinski definition) is 5. The molecule has 0 aliphatic heterocycles. The Morgan fingerprint density at radius 3 is 2.02 bits per heavy atom. The molecule has 0 saturated carbocycles. The van der Waals surface area contributed by atoms with Gasteiger partial charge in [-0.3, -0.25) is 0 Å². The third-order valence-corrected chi connectivity index (χ3v) is 10.3. The average Bonchev–Trinajstić information content (AvgIpc) is 3.79. The summed E-state index contributed by atoms with van der Waals surface area (Å²) < 4.78 is 9.84. The van der Waals surface area contributed by atoms with Crippen molar-refractivity contribution < 1.29 is 4.42 Å². The molecule has 3 aromatic heterocycles. The van der Waals surface area contributed by atoms with Crippen LogP contribution in [0.3, 0.4) is 0 Å². The second-order valence-corrected chi connectivity index (χ2v) is 12.7. The number of para-hydroxylation sites is 3. The number of fused-ring (bicyclic) bond motifs is 5. The van der Waals surface area contributed by atoms with Crippen molar-refractivity contribution in [1.29, 1.82) is 0 Å². The molecule has 0 bridgehead atoms. The Bertz CT molecular complexity index is 2400. The molecule has 9 aromatic rings. The summed E-state index contributed by atoms with van der Waals surface area (Å²) in [5.74, 6) is 0.633. The monoisotopic (exact) mass is 586 g/mol. The standard InChI is InChI=1S/C38H22N2OS2/c1-5-14-34-29(8-1)30-10-7-9-28(36(30)42-34)26-20-25(21-27(22-26)38-40-32-12-3-6-15-35(32)43-38)23-16-18-24(19-17-23)37-39-31-11-2-4-13-33(31)41-37/h1-22H. The smallest absolute Gasteiger partial charge is 0.227 e. The van der Waals surface area contributed by atoms with Crippen LogP contribution in [0, 0.1) is 0 Å². The van der Waals surface area contributed by atoms with E-state index in [1.54, 1.807) is 11.3 Å². The maximum Gasteiger partial charge on any atom is 0.227 e. The predicted octanol–water partition coefficient (Wildman–Crippen LogP) is 11.5. The van der Waals surface area contributed by atoms with Gasteiger partial charge >= 0.3 is 0 Å². The Kier molecular flexibility index (Phi) is 5.54. The lowest BCUT2D eigenvalue weighted by molar-refractivity contribution is 0.620. The summed E-state index contributed by atoms with van der Waals surface area (Å²) in [6.07, 6.45) is 0. The van der Waals surface area contributed by atoms with Gasteiger partial charge in [0.15, 0.2) is 5.58 Å². The molecule has 202 valence electrons. The summed E-state index contributed by atoms with van der Waals surface area (Å²) in [6.45, 7) is 0. The van der Waals surface area contributed by atoms with Crippen LogP contribution < -0.4 is 0 Å². The Labute approximate surface area is 255 Å². The van der Waals surface area contributed by atoms with Crippen molar-refractivity contribution in [2.24, 2.45) is 0 Å². The number of benzene rings is 6. The van der Waals surface area contributed by atoms with Crippen LogP contribution in [0.25, 0.3) is 85.8 Å². The van der Waals surface area contributed by atoms with Crippen molar-refractivity contribution in [3.05, 3.63) is 133 Å². The first-order chi connectivity index (χ1) is 21.3. The van der Waals surface area contributed by atoms with Crippen molar-refractivity contribution in [2.45, 2.75) is 0 Å². The van der Waals surface area contributed by atoms with Crippen molar-refractivity contribution >= 4 is 64.2 Å². The van der Waals surface area contributed by atoms with Crippen LogP contribution in [0.2, 0.25) is 0 Å². The highest BCUT2D eigenvalue weighted by Crippen LogP contribution is 2.42. The molecule has 0 fully saturated rings. The minimum absolute atomic E-state index is 0.633. The molecule has 0 N–H and O–H groups in total. The van der Waals surface area contributed by atoms with Crippen LogP contribution in [0.5, 0.6) is 0 Å². The molecule has 43 heavy (non-hydrogen) atoms. The number of hydrogen-bond donors (Lipinski definition) is 0. The lowest BCUT2D eigenvalue weighted by Crippen LogP contribution is -1.87. The summed E-state index contributed by atoms with van der Waals surface area (Å²) in [4.78, 5) is 9.71. The van der Waals surface area contributed by atoms with Gasteiger partial charge in [0, 0.05) is 31.3 Å². The van der Waals surface area contributed by atoms with E-state index in [9.17, 15) is 0 Å². The van der Waals surface area contributed by atoms with Gasteiger partial charge in [-0.1, -0.05) is 72.8 Å². The Balaban J connectivity index is 1.21. The Morgan fingerprint density at radius 1 is 0.465 bits per heavy atom. The summed E-state index contributed by atoms with van der Waals surface area (Å²) in [5.41, 5.74) is 9.48. The number of nitrogens with zero attached hydrogens (tertiary/aromatic N) is 2. The maximum atomic E-state index is 6.03. The quantitative estimate of drug-likeness (QED) is 0.206. The molecule has 0 aliphatic carbocycles. The Hall–Kier alpha value is -5.10. The first-order valence-electron chi connectivity index (χ1n) is 14.1. The van der Waals surface area contributed by atoms with Gasteiger partial charge in [-0.25, -0.2) is 9.97 Å². The van der Waals surface area contributed by atoms with Gasteiger partial charge in [0.25, 0.3) is 0 Å². The molecule has 3 heterocycles. The largest absolute Gasteiger partial charge is 0.436 e. The predicted molar refractivity (Wildman–Crippen MR) is 182 cm³/mol. The zero-order valence-electron chi connectivity index (χ0n) is 22.8. The molecule has 0 atom stereocenters. The number of rotatable bonds is 4. The first kappa shape index (κ1) is 24.5. The van der Waals surface area contributed by atoms with Crippen LogP contribution in [0.1, 0.15) is 0 Å². The zero-order valence-corrected chi connectivity index (χ0v) is 24.5. The molecule has 3 nitrogen and oxygen atoms in total. The fourth-order valence-electron chi connectivity index (χ4n) is 5.84. The molecular formula is C38H22N2OS2. The highest BCUT2D eigenvalue weighted by molar-refractivity contribution is 7.26. The number of thiazole rings is 1. The van der Waals surface area contributed by atoms with Crippen molar-refractivity contribution in [3.8, 4) is 44.3 Å². The lowest BCUT2D eigenvalue weighted by atomic mass is 9.95. The van der Waals surface area contributed by atoms with E-state index in [-0.39, 0.29) is 0 Å². The van der Waals surface area contributed by atoms with Crippen LogP contribution in [0.4, 0.5) is 0 Å². The summed E-state index contributed by atoms with van der Waals surface area (Å²) in [6, 6.07) is 46.9. The van der Waals surface area contributed by atoms with E-state index in [0.29, 0.717) is 5.89 Å². The summed E-state index contributed by atoms with van der Waals surface area (Å²) in [7, 11) is 0. The maximum absolute atomic E-state index is 6.03. The van der Waals surface area contributed by atoms with Crippen molar-refractivity contribution in [3.63, 3.8) is 0 Å². The van der Waals surface area contributed by atoms with E-state index in [1.165, 1.54) is 36.0 Å². The highest BCUT2D eigenvalue weighted by atomic mass is 32.1. The topological polar surface area (TPSA) is 38.9 Å². The molecule has 5 heteroatoms. The molecule has 0 aliphatic rings. The fourth-order valence-corrected chi connectivity index (χ4v) is 8.04. The van der Waals surface area contributed by atoms with E-state index in [2.05, 4.69) is 108 Å². The number of aromatic nitrogens is 2. The fraction of sp³-hybridized carbons (Fsp3) is 0. The van der Waals surface area contributed by atoms with E-state index >= 15 is 0 Å². The third kappa shape index (κ3) is 4.16. The van der Waals surface area contributed by atoms with E-state index in [1.807, 2.05) is 41.7 Å². The molecule has 0 amide bonds. The molecule has 6 aromatic carbocycles. The molecule has 9 rings (SSSR count). The number of oxazole rings is 1. The van der Waals surface area contributed by atoms with Crippen LogP contribution in [-0.2, 0) is 0 Å². The van der Waals surface area contributed by atoms with Gasteiger partial charge in [-0.05, 0) is 82.9 Å². The highest BCUT2D eigenvalue weighted by Gasteiger charge is 2.15. The van der Waals surface area contributed by atoms with Crippen LogP contribution in [-0.4, -0.2) is 9.97 Å². The molecule has 0 unspecified atom stereocenters. The molecule has 0 saturated heterocycles. The van der Waals surface area contributed by atoms with Gasteiger partial charge < -0.3 is 4.42 Å². The zero-order chi connectivity index (χ0) is 28.3. The SMILES string of the molecule is c1ccc2oc(-c3ccc(-c4cc(-c5nc6ccccc6s5)cc(-c5cccc6c5sc5ccccc56)c4)cc3)nc2c1. The van der Waals surface area contributed by atoms with Gasteiger partial charge in [-0.2, -0.15) is 0 Å². The molecule has 0 radical (unpaired) electrons. The van der Waals surface area contributed by atoms with Gasteiger partial charge in [0.05, 0.1) is 10.2 Å². The van der Waals surface area contributed by atoms with Crippen LogP contribution >= 0.6 is 22.7 Å². The van der Waals surface area contributed by atoms with Crippen molar-refractivity contribution in [1.82, 2.24) is 9.97 Å². The third-order valence-electron chi connectivity index (χ3n) is 7.95. The van der Waals surface area contributed by atoms with E-state index in [4.69, 9.17) is 9.40 Å². The second kappa shape index (κ2) is 9.73. The van der Waals surface area contributed by atoms with E-state index < -0.39 is 0 Å². The summed E-state index contributed by atoms with van der Waals surface area (Å²) >= 11 is 3.60. The number of thiophene rings is 1.